The van der Waals surface area contributed by atoms with E-state index in [1.807, 2.05) is 6.07 Å². The van der Waals surface area contributed by atoms with Crippen molar-refractivity contribution in [3.05, 3.63) is 30.1 Å². The van der Waals surface area contributed by atoms with Gasteiger partial charge in [0.05, 0.1) is 0 Å². The first kappa shape index (κ1) is 13.3. The van der Waals surface area contributed by atoms with Crippen LogP contribution in [0.3, 0.4) is 0 Å². The molecule has 1 aromatic rings. The van der Waals surface area contributed by atoms with E-state index in [0.29, 0.717) is 6.04 Å². The maximum absolute atomic E-state index is 13.3. The van der Waals surface area contributed by atoms with Gasteiger partial charge in [0.25, 0.3) is 0 Å². The zero-order chi connectivity index (χ0) is 13.0. The van der Waals surface area contributed by atoms with E-state index in [1.165, 1.54) is 6.07 Å². The van der Waals surface area contributed by atoms with E-state index in [-0.39, 0.29) is 18.5 Å². The number of rotatable bonds is 3. The number of aliphatic hydroxyl groups is 1. The zero-order valence-electron chi connectivity index (χ0n) is 10.8. The number of hydrogen-bond acceptors (Lipinski definition) is 3. The van der Waals surface area contributed by atoms with E-state index in [4.69, 9.17) is 5.11 Å². The van der Waals surface area contributed by atoms with Crippen LogP contribution in [0.25, 0.3) is 0 Å². The normalized spacial score (nSPS) is 24.9. The van der Waals surface area contributed by atoms with Gasteiger partial charge in [0.1, 0.15) is 5.82 Å². The minimum Gasteiger partial charge on any atom is -0.396 e. The van der Waals surface area contributed by atoms with Crippen LogP contribution in [0.4, 0.5) is 10.1 Å². The molecule has 1 aliphatic heterocycles. The van der Waals surface area contributed by atoms with Crippen LogP contribution in [0.2, 0.25) is 0 Å². The SMILES string of the molecule is CC1CCN(c2cccc(F)c2)CC(CCO)N1. The Labute approximate surface area is 108 Å². The molecule has 0 bridgehead atoms. The minimum atomic E-state index is -0.198. The third-order valence-electron chi connectivity index (χ3n) is 3.44. The Hall–Kier alpha value is -1.13. The van der Waals surface area contributed by atoms with Crippen molar-refractivity contribution >= 4 is 5.69 Å². The van der Waals surface area contributed by atoms with Crippen LogP contribution in [-0.2, 0) is 0 Å². The molecule has 18 heavy (non-hydrogen) atoms. The number of hydrogen-bond donors (Lipinski definition) is 2. The summed E-state index contributed by atoms with van der Waals surface area (Å²) in [6, 6.07) is 7.41. The number of anilines is 1. The molecular formula is C14H21FN2O. The van der Waals surface area contributed by atoms with Gasteiger partial charge in [-0.1, -0.05) is 6.07 Å². The monoisotopic (exact) mass is 252 g/mol. The highest BCUT2D eigenvalue weighted by Gasteiger charge is 2.21. The first-order valence-corrected chi connectivity index (χ1v) is 6.56. The number of benzene rings is 1. The second-order valence-corrected chi connectivity index (χ2v) is 4.99. The standard InChI is InChI=1S/C14H21FN2O/c1-11-5-7-17(10-13(16-11)6-8-18)14-4-2-3-12(15)9-14/h2-4,9,11,13,16,18H,5-8,10H2,1H3. The highest BCUT2D eigenvalue weighted by atomic mass is 19.1. The summed E-state index contributed by atoms with van der Waals surface area (Å²) in [6.45, 7) is 4.06. The molecule has 2 rings (SSSR count). The lowest BCUT2D eigenvalue weighted by Gasteiger charge is -2.26. The third kappa shape index (κ3) is 3.43. The largest absolute Gasteiger partial charge is 0.396 e. The smallest absolute Gasteiger partial charge is 0.125 e. The van der Waals surface area contributed by atoms with Crippen LogP contribution in [0.5, 0.6) is 0 Å². The lowest BCUT2D eigenvalue weighted by molar-refractivity contribution is 0.263. The van der Waals surface area contributed by atoms with E-state index >= 15 is 0 Å². The fourth-order valence-electron chi connectivity index (χ4n) is 2.48. The first-order chi connectivity index (χ1) is 8.69. The molecule has 0 radical (unpaired) electrons. The Morgan fingerprint density at radius 3 is 3.06 bits per heavy atom. The van der Waals surface area contributed by atoms with Crippen LogP contribution >= 0.6 is 0 Å². The molecule has 1 heterocycles. The fraction of sp³-hybridized carbons (Fsp3) is 0.571. The second kappa shape index (κ2) is 6.16. The predicted molar refractivity (Wildman–Crippen MR) is 71.3 cm³/mol. The number of halogens is 1. The molecule has 0 aliphatic carbocycles. The fourth-order valence-corrected chi connectivity index (χ4v) is 2.48. The summed E-state index contributed by atoms with van der Waals surface area (Å²) in [7, 11) is 0. The van der Waals surface area contributed by atoms with Gasteiger partial charge in [0, 0.05) is 37.5 Å². The number of nitrogens with one attached hydrogen (secondary N) is 1. The second-order valence-electron chi connectivity index (χ2n) is 4.99. The van der Waals surface area contributed by atoms with Gasteiger partial charge in [0.2, 0.25) is 0 Å². The van der Waals surface area contributed by atoms with E-state index in [1.54, 1.807) is 12.1 Å². The van der Waals surface area contributed by atoms with E-state index in [0.717, 1.165) is 31.6 Å². The molecular weight excluding hydrogens is 231 g/mol. The Morgan fingerprint density at radius 2 is 2.33 bits per heavy atom. The predicted octanol–water partition coefficient (Wildman–Crippen LogP) is 1.76. The highest BCUT2D eigenvalue weighted by molar-refractivity contribution is 5.46. The lowest BCUT2D eigenvalue weighted by atomic mass is 10.2. The van der Waals surface area contributed by atoms with Crippen molar-refractivity contribution in [3.63, 3.8) is 0 Å². The summed E-state index contributed by atoms with van der Waals surface area (Å²) in [6.07, 6.45) is 1.76. The Bertz CT molecular complexity index is 386. The van der Waals surface area contributed by atoms with Crippen LogP contribution < -0.4 is 10.2 Å². The molecule has 0 aromatic heterocycles. The molecule has 0 amide bonds. The molecule has 0 spiro atoms. The average Bonchev–Trinajstić information content (AvgIpc) is 2.52. The molecule has 2 atom stereocenters. The van der Waals surface area contributed by atoms with E-state index in [2.05, 4.69) is 17.1 Å². The third-order valence-corrected chi connectivity index (χ3v) is 3.44. The summed E-state index contributed by atoms with van der Waals surface area (Å²) in [5.74, 6) is -0.198. The summed E-state index contributed by atoms with van der Waals surface area (Å²) < 4.78 is 13.3. The maximum Gasteiger partial charge on any atom is 0.125 e. The van der Waals surface area contributed by atoms with Gasteiger partial charge in [-0.15, -0.1) is 0 Å². The first-order valence-electron chi connectivity index (χ1n) is 6.56. The van der Waals surface area contributed by atoms with Crippen molar-refractivity contribution in [1.29, 1.82) is 0 Å². The number of nitrogens with zero attached hydrogens (tertiary/aromatic N) is 1. The number of aliphatic hydroxyl groups excluding tert-OH is 1. The molecule has 4 heteroatoms. The van der Waals surface area contributed by atoms with E-state index < -0.39 is 0 Å². The van der Waals surface area contributed by atoms with Gasteiger partial charge in [0.15, 0.2) is 0 Å². The van der Waals surface area contributed by atoms with Crippen LogP contribution in [0.1, 0.15) is 19.8 Å². The average molecular weight is 252 g/mol. The van der Waals surface area contributed by atoms with Gasteiger partial charge < -0.3 is 15.3 Å². The van der Waals surface area contributed by atoms with Gasteiger partial charge in [-0.2, -0.15) is 0 Å². The molecule has 1 fully saturated rings. The molecule has 0 saturated carbocycles. The molecule has 3 nitrogen and oxygen atoms in total. The molecule has 1 aliphatic rings. The molecule has 1 saturated heterocycles. The lowest BCUT2D eigenvalue weighted by Crippen LogP contribution is -2.40. The summed E-state index contributed by atoms with van der Waals surface area (Å²) in [5, 5.41) is 12.6. The van der Waals surface area contributed by atoms with Crippen molar-refractivity contribution < 1.29 is 9.50 Å². The van der Waals surface area contributed by atoms with Gasteiger partial charge in [-0.25, -0.2) is 4.39 Å². The van der Waals surface area contributed by atoms with Crippen molar-refractivity contribution in [2.45, 2.75) is 31.8 Å². The van der Waals surface area contributed by atoms with Crippen molar-refractivity contribution in [2.75, 3.05) is 24.6 Å². The summed E-state index contributed by atoms with van der Waals surface area (Å²) in [4.78, 5) is 2.19. The summed E-state index contributed by atoms with van der Waals surface area (Å²) in [5.41, 5.74) is 0.925. The highest BCUT2D eigenvalue weighted by Crippen LogP contribution is 2.19. The van der Waals surface area contributed by atoms with Gasteiger partial charge in [-0.05, 0) is 38.0 Å². The zero-order valence-corrected chi connectivity index (χ0v) is 10.8. The minimum absolute atomic E-state index is 0.182. The van der Waals surface area contributed by atoms with Crippen LogP contribution in [-0.4, -0.2) is 36.9 Å². The molecule has 1 aromatic carbocycles. The van der Waals surface area contributed by atoms with E-state index in [9.17, 15) is 4.39 Å². The quantitative estimate of drug-likeness (QED) is 0.860. The molecule has 2 N–H and O–H groups in total. The molecule has 100 valence electrons. The Balaban J connectivity index is 2.11. The molecule has 2 unspecified atom stereocenters. The topological polar surface area (TPSA) is 35.5 Å². The van der Waals surface area contributed by atoms with Crippen molar-refractivity contribution in [2.24, 2.45) is 0 Å². The van der Waals surface area contributed by atoms with Crippen molar-refractivity contribution in [3.8, 4) is 0 Å². The van der Waals surface area contributed by atoms with Gasteiger partial charge in [-0.3, -0.25) is 0 Å². The van der Waals surface area contributed by atoms with Gasteiger partial charge >= 0.3 is 0 Å². The van der Waals surface area contributed by atoms with Crippen molar-refractivity contribution in [1.82, 2.24) is 5.32 Å². The maximum atomic E-state index is 13.3. The Morgan fingerprint density at radius 1 is 1.50 bits per heavy atom. The van der Waals surface area contributed by atoms with Crippen LogP contribution in [0, 0.1) is 5.82 Å². The summed E-state index contributed by atoms with van der Waals surface area (Å²) >= 11 is 0. The van der Waals surface area contributed by atoms with Crippen LogP contribution in [0.15, 0.2) is 24.3 Å². The Kier molecular flexibility index (Phi) is 4.55.